The molecule has 1 fully saturated rings. The lowest BCUT2D eigenvalue weighted by Gasteiger charge is -2.03. The first-order valence-corrected chi connectivity index (χ1v) is 6.20. The van der Waals surface area contributed by atoms with Crippen LogP contribution >= 0.6 is 0 Å². The molecule has 0 bridgehead atoms. The largest absolute Gasteiger partial charge is 0.465 e. The second-order valence-corrected chi connectivity index (χ2v) is 4.50. The molecule has 104 valence electrons. The van der Waals surface area contributed by atoms with E-state index in [2.05, 4.69) is 20.4 Å². The van der Waals surface area contributed by atoms with E-state index in [1.807, 2.05) is 0 Å². The molecule has 8 heteroatoms. The monoisotopic (exact) mass is 274 g/mol. The van der Waals surface area contributed by atoms with Crippen molar-refractivity contribution in [1.29, 1.82) is 0 Å². The third-order valence-electron chi connectivity index (χ3n) is 3.01. The first-order chi connectivity index (χ1) is 9.70. The SMILES string of the molecule is COC(=O)c1c(NC2CC2)nn(-c2ccncn2)c1N. The number of nitrogens with zero attached hydrogens (tertiary/aromatic N) is 4. The molecule has 1 saturated carbocycles. The Labute approximate surface area is 115 Å². The second kappa shape index (κ2) is 4.80. The van der Waals surface area contributed by atoms with Crippen molar-refractivity contribution >= 4 is 17.6 Å². The molecule has 1 aliphatic rings. The van der Waals surface area contributed by atoms with Gasteiger partial charge >= 0.3 is 5.97 Å². The Morgan fingerprint density at radius 3 is 2.95 bits per heavy atom. The summed E-state index contributed by atoms with van der Waals surface area (Å²) in [5.41, 5.74) is 6.24. The maximum atomic E-state index is 11.9. The van der Waals surface area contributed by atoms with E-state index < -0.39 is 5.97 Å². The van der Waals surface area contributed by atoms with Crippen molar-refractivity contribution in [3.05, 3.63) is 24.2 Å². The number of hydrogen-bond acceptors (Lipinski definition) is 7. The summed E-state index contributed by atoms with van der Waals surface area (Å²) in [7, 11) is 1.31. The number of nitrogen functional groups attached to an aromatic ring is 1. The minimum Gasteiger partial charge on any atom is -0.465 e. The van der Waals surface area contributed by atoms with Crippen molar-refractivity contribution in [3.63, 3.8) is 0 Å². The highest BCUT2D eigenvalue weighted by atomic mass is 16.5. The number of rotatable bonds is 4. The molecule has 3 N–H and O–H groups in total. The summed E-state index contributed by atoms with van der Waals surface area (Å²) in [6, 6.07) is 2.00. The predicted octanol–water partition coefficient (Wildman–Crippen LogP) is 0.605. The van der Waals surface area contributed by atoms with E-state index in [-0.39, 0.29) is 11.4 Å². The smallest absolute Gasteiger partial charge is 0.345 e. The van der Waals surface area contributed by atoms with Gasteiger partial charge in [0, 0.05) is 18.3 Å². The zero-order chi connectivity index (χ0) is 14.1. The molecule has 3 rings (SSSR count). The van der Waals surface area contributed by atoms with Crippen LogP contribution in [0.2, 0.25) is 0 Å². The van der Waals surface area contributed by atoms with Crippen LogP contribution in [0, 0.1) is 0 Å². The summed E-state index contributed by atoms with van der Waals surface area (Å²) < 4.78 is 6.17. The molecule has 8 nitrogen and oxygen atoms in total. The van der Waals surface area contributed by atoms with Crippen molar-refractivity contribution in [2.24, 2.45) is 0 Å². The van der Waals surface area contributed by atoms with E-state index in [0.29, 0.717) is 17.7 Å². The quantitative estimate of drug-likeness (QED) is 0.786. The molecule has 0 spiro atoms. The third kappa shape index (κ3) is 2.15. The Balaban J connectivity index is 2.07. The van der Waals surface area contributed by atoms with Gasteiger partial charge in [0.1, 0.15) is 17.7 Å². The van der Waals surface area contributed by atoms with Crippen LogP contribution in [0.25, 0.3) is 5.82 Å². The van der Waals surface area contributed by atoms with Gasteiger partial charge in [-0.05, 0) is 12.8 Å². The molecule has 0 atom stereocenters. The highest BCUT2D eigenvalue weighted by molar-refractivity contribution is 6.00. The van der Waals surface area contributed by atoms with Gasteiger partial charge in [-0.1, -0.05) is 0 Å². The van der Waals surface area contributed by atoms with Gasteiger partial charge in [-0.2, -0.15) is 4.68 Å². The Hall–Kier alpha value is -2.64. The minimum absolute atomic E-state index is 0.193. The molecule has 0 radical (unpaired) electrons. The second-order valence-electron chi connectivity index (χ2n) is 4.50. The fourth-order valence-electron chi connectivity index (χ4n) is 1.84. The topological polar surface area (TPSA) is 108 Å². The molecule has 1 aliphatic carbocycles. The number of ether oxygens (including phenoxy) is 1. The Morgan fingerprint density at radius 2 is 2.35 bits per heavy atom. The number of esters is 1. The fourth-order valence-corrected chi connectivity index (χ4v) is 1.84. The Morgan fingerprint density at radius 1 is 1.55 bits per heavy atom. The van der Waals surface area contributed by atoms with Gasteiger partial charge < -0.3 is 15.8 Å². The van der Waals surface area contributed by atoms with E-state index in [0.717, 1.165) is 12.8 Å². The summed E-state index contributed by atoms with van der Waals surface area (Å²) in [6.45, 7) is 0. The predicted molar refractivity (Wildman–Crippen MR) is 71.6 cm³/mol. The normalized spacial score (nSPS) is 14.1. The third-order valence-corrected chi connectivity index (χ3v) is 3.01. The van der Waals surface area contributed by atoms with Crippen LogP contribution in [0.5, 0.6) is 0 Å². The van der Waals surface area contributed by atoms with Crippen LogP contribution < -0.4 is 11.1 Å². The van der Waals surface area contributed by atoms with Gasteiger partial charge in [-0.25, -0.2) is 14.8 Å². The maximum absolute atomic E-state index is 11.9. The molecule has 0 amide bonds. The van der Waals surface area contributed by atoms with Crippen molar-refractivity contribution in [1.82, 2.24) is 19.7 Å². The first-order valence-electron chi connectivity index (χ1n) is 6.20. The summed E-state index contributed by atoms with van der Waals surface area (Å²) >= 11 is 0. The molecule has 2 heterocycles. The van der Waals surface area contributed by atoms with Crippen molar-refractivity contribution in [2.75, 3.05) is 18.2 Å². The summed E-state index contributed by atoms with van der Waals surface area (Å²) in [5.74, 6) is 0.589. The molecule has 0 saturated heterocycles. The number of anilines is 2. The number of hydrogen-bond donors (Lipinski definition) is 2. The van der Waals surface area contributed by atoms with Crippen LogP contribution in [0.1, 0.15) is 23.2 Å². The molecule has 0 aromatic carbocycles. The molecule has 0 unspecified atom stereocenters. The molecule has 0 aliphatic heterocycles. The summed E-state index contributed by atoms with van der Waals surface area (Å²) in [4.78, 5) is 19.8. The van der Waals surface area contributed by atoms with Crippen LogP contribution in [0.3, 0.4) is 0 Å². The fraction of sp³-hybridized carbons (Fsp3) is 0.333. The van der Waals surface area contributed by atoms with Gasteiger partial charge in [0.2, 0.25) is 0 Å². The van der Waals surface area contributed by atoms with Gasteiger partial charge in [0.05, 0.1) is 7.11 Å². The molecule has 2 aromatic heterocycles. The molecule has 2 aromatic rings. The Kier molecular flexibility index (Phi) is 2.97. The minimum atomic E-state index is -0.522. The van der Waals surface area contributed by atoms with Gasteiger partial charge in [-0.3, -0.25) is 0 Å². The molecule has 20 heavy (non-hydrogen) atoms. The number of methoxy groups -OCH3 is 1. The van der Waals surface area contributed by atoms with Crippen LogP contribution in [0.4, 0.5) is 11.6 Å². The number of carbonyl (C=O) groups excluding carboxylic acids is 1. The number of nitrogens with one attached hydrogen (secondary N) is 1. The van der Waals surface area contributed by atoms with Crippen LogP contribution in [-0.2, 0) is 4.74 Å². The lowest BCUT2D eigenvalue weighted by Crippen LogP contribution is -2.10. The van der Waals surface area contributed by atoms with Crippen molar-refractivity contribution < 1.29 is 9.53 Å². The lowest BCUT2D eigenvalue weighted by atomic mass is 10.3. The molecular weight excluding hydrogens is 260 g/mol. The van der Waals surface area contributed by atoms with Crippen LogP contribution in [-0.4, -0.2) is 38.9 Å². The molecular formula is C12H14N6O2. The number of aromatic nitrogens is 4. The van der Waals surface area contributed by atoms with E-state index in [1.54, 1.807) is 12.3 Å². The summed E-state index contributed by atoms with van der Waals surface area (Å²) in [5, 5.41) is 7.49. The van der Waals surface area contributed by atoms with E-state index in [1.165, 1.54) is 18.1 Å². The average molecular weight is 274 g/mol. The zero-order valence-corrected chi connectivity index (χ0v) is 10.9. The van der Waals surface area contributed by atoms with E-state index >= 15 is 0 Å². The van der Waals surface area contributed by atoms with Gasteiger partial charge in [0.25, 0.3) is 0 Å². The van der Waals surface area contributed by atoms with E-state index in [4.69, 9.17) is 10.5 Å². The number of nitrogens with two attached hydrogens (primary N) is 1. The van der Waals surface area contributed by atoms with Gasteiger partial charge in [-0.15, -0.1) is 5.10 Å². The first kappa shape index (κ1) is 12.4. The zero-order valence-electron chi connectivity index (χ0n) is 10.9. The van der Waals surface area contributed by atoms with Gasteiger partial charge in [0.15, 0.2) is 11.6 Å². The maximum Gasteiger partial charge on any atom is 0.345 e. The highest BCUT2D eigenvalue weighted by Gasteiger charge is 2.29. The van der Waals surface area contributed by atoms with E-state index in [9.17, 15) is 4.79 Å². The number of carbonyl (C=O) groups is 1. The highest BCUT2D eigenvalue weighted by Crippen LogP contribution is 2.30. The van der Waals surface area contributed by atoms with Crippen molar-refractivity contribution in [2.45, 2.75) is 18.9 Å². The Bertz CT molecular complexity index is 635. The standard InChI is InChI=1S/C12H14N6O2/c1-20-12(19)9-10(13)18(8-4-5-14-6-15-8)17-11(9)16-7-2-3-7/h4-7H,2-3,13H2,1H3,(H,16,17). The van der Waals surface area contributed by atoms with Crippen LogP contribution in [0.15, 0.2) is 18.6 Å². The van der Waals surface area contributed by atoms with Crippen molar-refractivity contribution in [3.8, 4) is 5.82 Å². The lowest BCUT2D eigenvalue weighted by molar-refractivity contribution is 0.0603. The summed E-state index contributed by atoms with van der Waals surface area (Å²) in [6.07, 6.45) is 5.08. The average Bonchev–Trinajstić information content (AvgIpc) is 3.22.